The molecule has 0 unspecified atom stereocenters. The Morgan fingerprint density at radius 3 is 2.63 bits per heavy atom. The zero-order valence-corrected chi connectivity index (χ0v) is 17.2. The van der Waals surface area contributed by atoms with Crippen molar-refractivity contribution in [3.63, 3.8) is 0 Å². The van der Waals surface area contributed by atoms with Gasteiger partial charge in [-0.05, 0) is 49.4 Å². The number of hydrogen-bond acceptors (Lipinski definition) is 6. The Bertz CT molecular complexity index is 1240. The number of carbonyl (C=O) groups is 1. The van der Waals surface area contributed by atoms with Gasteiger partial charge >= 0.3 is 5.69 Å². The Morgan fingerprint density at radius 1 is 1.13 bits per heavy atom. The van der Waals surface area contributed by atoms with Crippen LogP contribution in [0, 0.1) is 0 Å². The van der Waals surface area contributed by atoms with Crippen molar-refractivity contribution in [2.45, 2.75) is 18.6 Å². The van der Waals surface area contributed by atoms with E-state index >= 15 is 0 Å². The second-order valence-corrected chi connectivity index (χ2v) is 7.40. The van der Waals surface area contributed by atoms with Gasteiger partial charge in [0.1, 0.15) is 5.75 Å². The van der Waals surface area contributed by atoms with Gasteiger partial charge in [0.25, 0.3) is 0 Å². The van der Waals surface area contributed by atoms with Gasteiger partial charge in [0, 0.05) is 17.8 Å². The van der Waals surface area contributed by atoms with E-state index in [1.165, 1.54) is 11.8 Å². The number of carbonyl (C=O) groups excluding carboxylic acids is 1. The molecule has 0 atom stereocenters. The molecule has 1 amide bonds. The maximum absolute atomic E-state index is 12.4. The van der Waals surface area contributed by atoms with Gasteiger partial charge in [0.2, 0.25) is 5.91 Å². The van der Waals surface area contributed by atoms with Crippen molar-refractivity contribution < 1.29 is 9.53 Å². The molecule has 0 fully saturated rings. The molecular formula is C20H20N6O3S. The van der Waals surface area contributed by atoms with Gasteiger partial charge in [-0.15, -0.1) is 10.2 Å². The number of imidazole rings is 1. The number of ether oxygens (including phenoxy) is 1. The van der Waals surface area contributed by atoms with E-state index in [1.54, 1.807) is 25.3 Å². The summed E-state index contributed by atoms with van der Waals surface area (Å²) in [5.74, 6) is 1.52. The first kappa shape index (κ1) is 19.8. The summed E-state index contributed by atoms with van der Waals surface area (Å²) in [7, 11) is 1.62. The maximum atomic E-state index is 12.4. The first-order valence-corrected chi connectivity index (χ1v) is 10.3. The number of rotatable bonds is 7. The van der Waals surface area contributed by atoms with E-state index in [9.17, 15) is 9.59 Å². The molecule has 0 aliphatic rings. The quantitative estimate of drug-likeness (QED) is 0.393. The lowest BCUT2D eigenvalue weighted by Crippen LogP contribution is -2.14. The van der Waals surface area contributed by atoms with Crippen molar-refractivity contribution in [3.8, 4) is 17.1 Å². The summed E-state index contributed by atoms with van der Waals surface area (Å²) in [6.45, 7) is 2.68. The smallest absolute Gasteiger partial charge is 0.323 e. The fraction of sp³-hybridized carbons (Fsp3) is 0.200. The highest BCUT2D eigenvalue weighted by Crippen LogP contribution is 2.25. The molecule has 2 heterocycles. The number of aromatic nitrogens is 5. The van der Waals surface area contributed by atoms with Crippen molar-refractivity contribution in [2.24, 2.45) is 0 Å². The summed E-state index contributed by atoms with van der Waals surface area (Å²) < 4.78 is 7.16. The van der Waals surface area contributed by atoms with Gasteiger partial charge in [-0.1, -0.05) is 11.8 Å². The molecule has 30 heavy (non-hydrogen) atoms. The Balaban J connectivity index is 1.44. The predicted octanol–water partition coefficient (Wildman–Crippen LogP) is 2.87. The Hall–Kier alpha value is -3.53. The lowest BCUT2D eigenvalue weighted by Gasteiger charge is -2.08. The Labute approximate surface area is 175 Å². The summed E-state index contributed by atoms with van der Waals surface area (Å²) in [5, 5.41) is 12.0. The minimum atomic E-state index is -0.282. The van der Waals surface area contributed by atoms with Crippen LogP contribution in [0.2, 0.25) is 0 Å². The summed E-state index contributed by atoms with van der Waals surface area (Å²) >= 11 is 1.32. The number of thioether (sulfide) groups is 1. The van der Waals surface area contributed by atoms with E-state index in [2.05, 4.69) is 25.5 Å². The van der Waals surface area contributed by atoms with Crippen LogP contribution in [0.15, 0.2) is 52.4 Å². The zero-order valence-electron chi connectivity index (χ0n) is 16.4. The normalized spacial score (nSPS) is 11.0. The second-order valence-electron chi connectivity index (χ2n) is 6.46. The predicted molar refractivity (Wildman–Crippen MR) is 116 cm³/mol. The molecule has 2 aromatic heterocycles. The highest BCUT2D eigenvalue weighted by Gasteiger charge is 2.15. The molecule has 4 rings (SSSR count). The second kappa shape index (κ2) is 8.46. The van der Waals surface area contributed by atoms with E-state index < -0.39 is 0 Å². The molecule has 0 saturated carbocycles. The third-order valence-electron chi connectivity index (χ3n) is 4.51. The minimum Gasteiger partial charge on any atom is -0.497 e. The third-order valence-corrected chi connectivity index (χ3v) is 5.48. The topological polar surface area (TPSA) is 118 Å². The molecule has 154 valence electrons. The first-order valence-electron chi connectivity index (χ1n) is 9.29. The van der Waals surface area contributed by atoms with Crippen molar-refractivity contribution in [1.82, 2.24) is 24.7 Å². The number of H-pyrrole nitrogens is 2. The standard InChI is InChI=1S/C20H20N6O3S/c1-3-26-18(12-4-7-14(29-2)8-5-12)24-25-20(26)30-11-17(27)21-13-6-9-15-16(10-13)23-19(28)22-15/h4-10H,3,11H2,1-2H3,(H,21,27)(H2,22,23,28). The molecule has 3 N–H and O–H groups in total. The fourth-order valence-electron chi connectivity index (χ4n) is 3.07. The van der Waals surface area contributed by atoms with Crippen LogP contribution in [-0.4, -0.2) is 43.5 Å². The molecule has 4 aromatic rings. The van der Waals surface area contributed by atoms with Gasteiger partial charge in [-0.25, -0.2) is 4.79 Å². The lowest BCUT2D eigenvalue weighted by molar-refractivity contribution is -0.113. The van der Waals surface area contributed by atoms with E-state index in [4.69, 9.17) is 4.74 Å². The van der Waals surface area contributed by atoms with E-state index in [0.717, 1.165) is 17.1 Å². The number of aromatic amines is 2. The van der Waals surface area contributed by atoms with Gasteiger partial charge in [0.15, 0.2) is 11.0 Å². The molecule has 0 spiro atoms. The highest BCUT2D eigenvalue weighted by molar-refractivity contribution is 7.99. The number of amides is 1. The van der Waals surface area contributed by atoms with Crippen molar-refractivity contribution >= 4 is 34.4 Å². The van der Waals surface area contributed by atoms with Crippen molar-refractivity contribution in [2.75, 3.05) is 18.2 Å². The Morgan fingerprint density at radius 2 is 1.90 bits per heavy atom. The largest absolute Gasteiger partial charge is 0.497 e. The van der Waals surface area contributed by atoms with Gasteiger partial charge in [0.05, 0.1) is 23.9 Å². The number of hydrogen-bond donors (Lipinski definition) is 3. The van der Waals surface area contributed by atoms with E-state index in [1.807, 2.05) is 35.8 Å². The van der Waals surface area contributed by atoms with Gasteiger partial charge < -0.3 is 24.6 Å². The zero-order chi connectivity index (χ0) is 21.1. The van der Waals surface area contributed by atoms with Crippen LogP contribution in [0.25, 0.3) is 22.4 Å². The van der Waals surface area contributed by atoms with E-state index in [-0.39, 0.29) is 17.3 Å². The van der Waals surface area contributed by atoms with Crippen LogP contribution < -0.4 is 15.7 Å². The van der Waals surface area contributed by atoms with Gasteiger partial charge in [-0.2, -0.15) is 0 Å². The molecule has 0 bridgehead atoms. The fourth-order valence-corrected chi connectivity index (χ4v) is 3.87. The number of fused-ring (bicyclic) bond motifs is 1. The van der Waals surface area contributed by atoms with Crippen LogP contribution in [0.5, 0.6) is 5.75 Å². The average Bonchev–Trinajstić information content (AvgIpc) is 3.34. The van der Waals surface area contributed by atoms with Crippen LogP contribution in [0.4, 0.5) is 5.69 Å². The maximum Gasteiger partial charge on any atom is 0.323 e. The molecule has 0 aliphatic carbocycles. The summed E-state index contributed by atoms with van der Waals surface area (Å²) in [6, 6.07) is 12.8. The SMILES string of the molecule is CCn1c(SCC(=O)Nc2ccc3[nH]c(=O)[nH]c3c2)nnc1-c1ccc(OC)cc1. The van der Waals surface area contributed by atoms with Crippen molar-refractivity contribution in [3.05, 3.63) is 52.9 Å². The summed E-state index contributed by atoms with van der Waals surface area (Å²) in [4.78, 5) is 29.1. The average molecular weight is 424 g/mol. The van der Waals surface area contributed by atoms with Crippen molar-refractivity contribution in [1.29, 1.82) is 0 Å². The Kier molecular flexibility index (Phi) is 5.57. The summed E-state index contributed by atoms with van der Waals surface area (Å²) in [6.07, 6.45) is 0. The number of methoxy groups -OCH3 is 1. The molecule has 0 aliphatic heterocycles. The number of nitrogens with zero attached hydrogens (tertiary/aromatic N) is 3. The number of nitrogens with one attached hydrogen (secondary N) is 3. The molecule has 2 aromatic carbocycles. The monoisotopic (exact) mass is 424 g/mol. The molecular weight excluding hydrogens is 404 g/mol. The van der Waals surface area contributed by atoms with Crippen LogP contribution in [0.3, 0.4) is 0 Å². The molecule has 10 heteroatoms. The minimum absolute atomic E-state index is 0.172. The highest BCUT2D eigenvalue weighted by atomic mass is 32.2. The lowest BCUT2D eigenvalue weighted by atomic mass is 10.2. The first-order chi connectivity index (χ1) is 14.6. The van der Waals surface area contributed by atoms with Crippen LogP contribution in [-0.2, 0) is 11.3 Å². The summed E-state index contributed by atoms with van der Waals surface area (Å²) in [5.41, 5.74) is 2.58. The van der Waals surface area contributed by atoms with Crippen LogP contribution >= 0.6 is 11.8 Å². The van der Waals surface area contributed by atoms with Gasteiger partial charge in [-0.3, -0.25) is 4.79 Å². The molecule has 9 nitrogen and oxygen atoms in total. The number of benzene rings is 2. The molecule has 0 radical (unpaired) electrons. The number of anilines is 1. The van der Waals surface area contributed by atoms with Crippen LogP contribution in [0.1, 0.15) is 6.92 Å². The molecule has 0 saturated heterocycles. The van der Waals surface area contributed by atoms with E-state index in [0.29, 0.717) is 28.4 Å². The third kappa shape index (κ3) is 4.08.